The van der Waals surface area contributed by atoms with Crippen LogP contribution in [0.25, 0.3) is 0 Å². The number of likely N-dealkylation sites (tertiary alicyclic amines) is 2. The molecule has 4 aliphatic rings. The molecule has 0 spiro atoms. The van der Waals surface area contributed by atoms with Crippen molar-refractivity contribution < 1.29 is 0 Å². The molecule has 2 nitrogen and oxygen atoms in total. The molecule has 0 bridgehead atoms. The molecule has 26 heavy (non-hydrogen) atoms. The van der Waals surface area contributed by atoms with Crippen LogP contribution in [-0.2, 0) is 0 Å². The lowest BCUT2D eigenvalue weighted by Crippen LogP contribution is -2.52. The third-order valence-electron chi connectivity index (χ3n) is 9.07. The highest BCUT2D eigenvalue weighted by Crippen LogP contribution is 2.43. The lowest BCUT2D eigenvalue weighted by Gasteiger charge is -2.50. The topological polar surface area (TPSA) is 6.48 Å². The van der Waals surface area contributed by atoms with Crippen molar-refractivity contribution in [2.75, 3.05) is 26.2 Å². The predicted molar refractivity (Wildman–Crippen MR) is 111 cm³/mol. The van der Waals surface area contributed by atoms with Gasteiger partial charge in [0, 0.05) is 25.2 Å². The van der Waals surface area contributed by atoms with Gasteiger partial charge in [-0.05, 0) is 87.6 Å². The van der Waals surface area contributed by atoms with E-state index in [1.165, 1.54) is 84.0 Å². The maximum absolute atomic E-state index is 2.88. The molecule has 2 aliphatic carbocycles. The molecule has 2 saturated carbocycles. The van der Waals surface area contributed by atoms with Crippen LogP contribution in [0.3, 0.4) is 0 Å². The van der Waals surface area contributed by atoms with Gasteiger partial charge in [-0.1, -0.05) is 40.0 Å². The smallest absolute Gasteiger partial charge is 0.0101 e. The highest BCUT2D eigenvalue weighted by Gasteiger charge is 2.40. The van der Waals surface area contributed by atoms with Gasteiger partial charge in [0.25, 0.3) is 0 Å². The van der Waals surface area contributed by atoms with E-state index in [0.717, 1.165) is 41.7 Å². The standard InChI is InChI=1S/C24H44N2/c1-4-20-16-26(11-9-18(20)3)24-14-19(15-24)13-22-10-12-25(17-21(22)5-2)23-7-6-8-23/h18-24H,4-17H2,1-3H3/t18-,19?,20+,21+,22-,24?/m0/s1. The van der Waals surface area contributed by atoms with Crippen LogP contribution in [0, 0.1) is 29.6 Å². The normalized spacial score (nSPS) is 43.0. The van der Waals surface area contributed by atoms with Crippen LogP contribution in [0.1, 0.15) is 85.0 Å². The maximum Gasteiger partial charge on any atom is 0.0101 e. The van der Waals surface area contributed by atoms with Crippen LogP contribution in [-0.4, -0.2) is 48.1 Å². The first-order valence-electron chi connectivity index (χ1n) is 12.2. The summed E-state index contributed by atoms with van der Waals surface area (Å²) in [6, 6.07) is 1.91. The SMILES string of the molecule is CC[C@@H]1CN(C2CCC2)CC[C@H]1CC1CC(N2CC[C@H](C)[C@H](CC)C2)C1. The molecule has 4 rings (SSSR count). The van der Waals surface area contributed by atoms with E-state index in [4.69, 9.17) is 0 Å². The average molecular weight is 361 g/mol. The fourth-order valence-corrected chi connectivity index (χ4v) is 6.63. The Kier molecular flexibility index (Phi) is 6.30. The molecule has 4 atom stereocenters. The van der Waals surface area contributed by atoms with Gasteiger partial charge in [0.2, 0.25) is 0 Å². The number of nitrogens with zero attached hydrogens (tertiary/aromatic N) is 2. The van der Waals surface area contributed by atoms with E-state index in [9.17, 15) is 0 Å². The highest BCUT2D eigenvalue weighted by molar-refractivity contribution is 4.94. The van der Waals surface area contributed by atoms with Crippen molar-refractivity contribution in [3.8, 4) is 0 Å². The molecule has 2 heterocycles. The minimum Gasteiger partial charge on any atom is -0.300 e. The molecular formula is C24H44N2. The summed E-state index contributed by atoms with van der Waals surface area (Å²) in [5.74, 6) is 4.99. The monoisotopic (exact) mass is 360 g/mol. The van der Waals surface area contributed by atoms with E-state index in [0.29, 0.717) is 0 Å². The third-order valence-corrected chi connectivity index (χ3v) is 9.07. The first-order chi connectivity index (χ1) is 12.7. The Hall–Kier alpha value is -0.0800. The molecule has 2 heteroatoms. The maximum atomic E-state index is 2.88. The van der Waals surface area contributed by atoms with Crippen molar-refractivity contribution in [3.05, 3.63) is 0 Å². The zero-order valence-corrected chi connectivity index (χ0v) is 17.8. The van der Waals surface area contributed by atoms with E-state index in [-0.39, 0.29) is 0 Å². The molecule has 0 amide bonds. The summed E-state index contributed by atoms with van der Waals surface area (Å²) in [7, 11) is 0. The highest BCUT2D eigenvalue weighted by atomic mass is 15.2. The fraction of sp³-hybridized carbons (Fsp3) is 1.00. The number of hydrogen-bond donors (Lipinski definition) is 0. The molecule has 0 radical (unpaired) electrons. The Balaban J connectivity index is 1.21. The summed E-state index contributed by atoms with van der Waals surface area (Å²) in [4.78, 5) is 5.73. The Bertz CT molecular complexity index is 439. The Morgan fingerprint density at radius 2 is 1.38 bits per heavy atom. The van der Waals surface area contributed by atoms with E-state index >= 15 is 0 Å². The summed E-state index contributed by atoms with van der Waals surface area (Å²) in [5, 5.41) is 0. The first kappa shape index (κ1) is 19.2. The number of piperidine rings is 2. The van der Waals surface area contributed by atoms with Crippen molar-refractivity contribution in [1.29, 1.82) is 0 Å². The van der Waals surface area contributed by atoms with Crippen LogP contribution in [0.15, 0.2) is 0 Å². The van der Waals surface area contributed by atoms with Gasteiger partial charge in [-0.25, -0.2) is 0 Å². The van der Waals surface area contributed by atoms with Crippen LogP contribution >= 0.6 is 0 Å². The van der Waals surface area contributed by atoms with Crippen molar-refractivity contribution in [2.24, 2.45) is 29.6 Å². The molecule has 2 saturated heterocycles. The van der Waals surface area contributed by atoms with Gasteiger partial charge in [0.15, 0.2) is 0 Å². The van der Waals surface area contributed by atoms with E-state index in [1.54, 1.807) is 6.42 Å². The molecule has 0 N–H and O–H groups in total. The van der Waals surface area contributed by atoms with Crippen molar-refractivity contribution in [2.45, 2.75) is 97.1 Å². The predicted octanol–water partition coefficient (Wildman–Crippen LogP) is 5.42. The second kappa shape index (κ2) is 8.52. The molecule has 0 aromatic heterocycles. The van der Waals surface area contributed by atoms with E-state index in [1.807, 2.05) is 0 Å². The molecule has 0 aromatic carbocycles. The molecule has 0 unspecified atom stereocenters. The fourth-order valence-electron chi connectivity index (χ4n) is 6.63. The third kappa shape index (κ3) is 4.02. The van der Waals surface area contributed by atoms with Crippen LogP contribution in [0.5, 0.6) is 0 Å². The van der Waals surface area contributed by atoms with Gasteiger partial charge < -0.3 is 9.80 Å². The van der Waals surface area contributed by atoms with Gasteiger partial charge in [-0.3, -0.25) is 0 Å². The molecule has 2 aliphatic heterocycles. The van der Waals surface area contributed by atoms with Crippen molar-refractivity contribution >= 4 is 0 Å². The Morgan fingerprint density at radius 3 is 2.04 bits per heavy atom. The second-order valence-corrected chi connectivity index (χ2v) is 10.5. The van der Waals surface area contributed by atoms with Crippen LogP contribution in [0.2, 0.25) is 0 Å². The molecule has 4 fully saturated rings. The summed E-state index contributed by atoms with van der Waals surface area (Å²) in [6.45, 7) is 12.9. The Labute approximate surface area is 163 Å². The molecule has 150 valence electrons. The summed E-state index contributed by atoms with van der Waals surface area (Å²) < 4.78 is 0. The quantitative estimate of drug-likeness (QED) is 0.623. The zero-order chi connectivity index (χ0) is 18.1. The van der Waals surface area contributed by atoms with Gasteiger partial charge >= 0.3 is 0 Å². The Morgan fingerprint density at radius 1 is 0.731 bits per heavy atom. The lowest BCUT2D eigenvalue weighted by molar-refractivity contribution is -0.00260. The summed E-state index contributed by atoms with van der Waals surface area (Å²) in [6.07, 6.45) is 14.8. The van der Waals surface area contributed by atoms with Gasteiger partial charge in [0.05, 0.1) is 0 Å². The minimum atomic E-state index is 0.941. The first-order valence-corrected chi connectivity index (χ1v) is 12.2. The largest absolute Gasteiger partial charge is 0.300 e. The van der Waals surface area contributed by atoms with Crippen LogP contribution < -0.4 is 0 Å². The number of hydrogen-bond acceptors (Lipinski definition) is 2. The minimum absolute atomic E-state index is 0.941. The molecule has 0 aromatic rings. The van der Waals surface area contributed by atoms with Gasteiger partial charge in [0.1, 0.15) is 0 Å². The van der Waals surface area contributed by atoms with Gasteiger partial charge in [-0.2, -0.15) is 0 Å². The van der Waals surface area contributed by atoms with Crippen LogP contribution in [0.4, 0.5) is 0 Å². The summed E-state index contributed by atoms with van der Waals surface area (Å²) in [5.41, 5.74) is 0. The zero-order valence-electron chi connectivity index (χ0n) is 17.8. The van der Waals surface area contributed by atoms with Gasteiger partial charge in [-0.15, -0.1) is 0 Å². The van der Waals surface area contributed by atoms with E-state index < -0.39 is 0 Å². The number of rotatable bonds is 6. The second-order valence-electron chi connectivity index (χ2n) is 10.5. The summed E-state index contributed by atoms with van der Waals surface area (Å²) >= 11 is 0. The van der Waals surface area contributed by atoms with Crippen molar-refractivity contribution in [3.63, 3.8) is 0 Å². The molecular weight excluding hydrogens is 316 g/mol. The average Bonchev–Trinajstić information content (AvgIpc) is 2.57. The van der Waals surface area contributed by atoms with Crippen molar-refractivity contribution in [1.82, 2.24) is 9.80 Å². The lowest BCUT2D eigenvalue weighted by atomic mass is 9.69. The van der Waals surface area contributed by atoms with E-state index in [2.05, 4.69) is 30.6 Å².